The van der Waals surface area contributed by atoms with Crippen LogP contribution >= 0.6 is 11.6 Å². The molecule has 0 unspecified atom stereocenters. The van der Waals surface area contributed by atoms with Gasteiger partial charge in [0.25, 0.3) is 0 Å². The lowest BCUT2D eigenvalue weighted by Gasteiger charge is -2.07. The summed E-state index contributed by atoms with van der Waals surface area (Å²) in [4.78, 5) is 11.0. The van der Waals surface area contributed by atoms with E-state index in [9.17, 15) is 9.18 Å². The van der Waals surface area contributed by atoms with Gasteiger partial charge in [-0.2, -0.15) is 0 Å². The van der Waals surface area contributed by atoms with E-state index < -0.39 is 11.8 Å². The van der Waals surface area contributed by atoms with Crippen LogP contribution in [0.1, 0.15) is 18.9 Å². The molecule has 0 spiro atoms. The maximum atomic E-state index is 13.0. The van der Waals surface area contributed by atoms with Gasteiger partial charge >= 0.3 is 5.97 Å². The number of benzene rings is 1. The Morgan fingerprint density at radius 1 is 1.57 bits per heavy atom. The normalized spacial score (nSPS) is 10.0. The average Bonchev–Trinajstić information content (AvgIpc) is 2.19. The highest BCUT2D eigenvalue weighted by Gasteiger charge is 2.11. The summed E-state index contributed by atoms with van der Waals surface area (Å²) in [6, 6.07) is 2.57. The summed E-state index contributed by atoms with van der Waals surface area (Å²) < 4.78 is 17.8. The van der Waals surface area contributed by atoms with Crippen molar-refractivity contribution in [3.63, 3.8) is 0 Å². The van der Waals surface area contributed by atoms with Crippen LogP contribution in [0.5, 0.6) is 5.75 Å². The second-order valence-corrected chi connectivity index (χ2v) is 3.19. The molecule has 1 aromatic carbocycles. The first-order valence-corrected chi connectivity index (χ1v) is 4.59. The molecule has 2 nitrogen and oxygen atoms in total. The number of ether oxygens (including phenoxy) is 1. The van der Waals surface area contributed by atoms with Gasteiger partial charge in [-0.05, 0) is 19.1 Å². The maximum Gasteiger partial charge on any atom is 0.310 e. The zero-order chi connectivity index (χ0) is 10.7. The molecule has 0 saturated heterocycles. The van der Waals surface area contributed by atoms with E-state index in [-0.39, 0.29) is 22.8 Å². The van der Waals surface area contributed by atoms with Gasteiger partial charge in [0.2, 0.25) is 0 Å². The van der Waals surface area contributed by atoms with Gasteiger partial charge < -0.3 is 4.74 Å². The minimum atomic E-state index is -0.411. The van der Waals surface area contributed by atoms with Gasteiger partial charge in [-0.25, -0.2) is 4.39 Å². The van der Waals surface area contributed by atoms with E-state index in [0.29, 0.717) is 0 Å². The van der Waals surface area contributed by atoms with E-state index in [1.54, 1.807) is 6.92 Å². The summed E-state index contributed by atoms with van der Waals surface area (Å²) in [5.74, 6) is -0.596. The predicted molar refractivity (Wildman–Crippen MR) is 52.1 cm³/mol. The van der Waals surface area contributed by atoms with Crippen molar-refractivity contribution in [3.05, 3.63) is 28.5 Å². The molecule has 0 amide bonds. The quantitative estimate of drug-likeness (QED) is 0.561. The topological polar surface area (TPSA) is 26.3 Å². The van der Waals surface area contributed by atoms with Crippen LogP contribution in [-0.2, 0) is 4.79 Å². The van der Waals surface area contributed by atoms with Crippen LogP contribution in [0.3, 0.4) is 0 Å². The first kappa shape index (κ1) is 11.0. The minimum absolute atomic E-state index is 0.145. The smallest absolute Gasteiger partial charge is 0.310 e. The Balaban J connectivity index is 3.00. The average molecular weight is 217 g/mol. The molecular weight excluding hydrogens is 207 g/mol. The molecule has 0 N–H and O–H groups in total. The molecule has 1 rings (SSSR count). The molecule has 0 atom stereocenters. The van der Waals surface area contributed by atoms with E-state index in [0.717, 1.165) is 0 Å². The Bertz CT molecular complexity index is 363. The van der Waals surface area contributed by atoms with E-state index in [1.807, 2.05) is 0 Å². The first-order valence-electron chi connectivity index (χ1n) is 4.21. The van der Waals surface area contributed by atoms with Gasteiger partial charge in [0.15, 0.2) is 0 Å². The summed E-state index contributed by atoms with van der Waals surface area (Å²) in [6.45, 7) is 3.20. The van der Waals surface area contributed by atoms with Crippen LogP contribution in [0, 0.1) is 12.7 Å². The van der Waals surface area contributed by atoms with Crippen molar-refractivity contribution < 1.29 is 13.9 Å². The van der Waals surface area contributed by atoms with Crippen LogP contribution in [0.15, 0.2) is 12.1 Å². The summed E-state index contributed by atoms with van der Waals surface area (Å²) in [5, 5.41) is 0.145. The predicted octanol–water partition coefficient (Wildman–Crippen LogP) is 3.10. The Kier molecular flexibility index (Phi) is 3.47. The monoisotopic (exact) mass is 216 g/mol. The fourth-order valence-electron chi connectivity index (χ4n) is 0.910. The first-order chi connectivity index (χ1) is 6.56. The molecular formula is C10H10ClFO2. The Labute approximate surface area is 86.6 Å². The van der Waals surface area contributed by atoms with Crippen molar-refractivity contribution in [2.75, 3.05) is 0 Å². The summed E-state index contributed by atoms with van der Waals surface area (Å²) in [6.07, 6.45) is 0.257. The van der Waals surface area contributed by atoms with Crippen molar-refractivity contribution in [1.29, 1.82) is 0 Å². The highest BCUT2D eigenvalue weighted by Crippen LogP contribution is 2.29. The fraction of sp³-hybridized carbons (Fsp3) is 0.300. The lowest BCUT2D eigenvalue weighted by Crippen LogP contribution is -2.06. The molecule has 0 aliphatic carbocycles. The van der Waals surface area contributed by atoms with Gasteiger partial charge in [-0.15, -0.1) is 0 Å². The molecule has 0 aliphatic heterocycles. The fourth-order valence-corrected chi connectivity index (χ4v) is 1.10. The standard InChI is InChI=1S/C10H10ClFO2/c1-3-9(13)14-8-5-4-7(12)6(2)10(8)11/h4-5H,3H2,1-2H3. The molecule has 0 aromatic heterocycles. The zero-order valence-electron chi connectivity index (χ0n) is 7.93. The lowest BCUT2D eigenvalue weighted by atomic mass is 10.2. The van der Waals surface area contributed by atoms with Crippen molar-refractivity contribution >= 4 is 17.6 Å². The molecule has 76 valence electrons. The third-order valence-corrected chi connectivity index (χ3v) is 2.27. The summed E-state index contributed by atoms with van der Waals surface area (Å²) in [5.41, 5.74) is 0.285. The molecule has 1 aromatic rings. The van der Waals surface area contributed by atoms with E-state index >= 15 is 0 Å². The molecule has 4 heteroatoms. The second kappa shape index (κ2) is 4.42. The van der Waals surface area contributed by atoms with Gasteiger partial charge in [-0.3, -0.25) is 4.79 Å². The van der Waals surface area contributed by atoms with Crippen LogP contribution in [0.4, 0.5) is 4.39 Å². The van der Waals surface area contributed by atoms with Crippen molar-refractivity contribution in [2.24, 2.45) is 0 Å². The van der Waals surface area contributed by atoms with Crippen LogP contribution in [-0.4, -0.2) is 5.97 Å². The van der Waals surface area contributed by atoms with E-state index in [4.69, 9.17) is 16.3 Å². The number of hydrogen-bond acceptors (Lipinski definition) is 2. The largest absolute Gasteiger partial charge is 0.425 e. The third kappa shape index (κ3) is 2.23. The maximum absolute atomic E-state index is 13.0. The molecule has 0 heterocycles. The second-order valence-electron chi connectivity index (χ2n) is 2.81. The molecule has 0 fully saturated rings. The number of hydrogen-bond donors (Lipinski definition) is 0. The van der Waals surface area contributed by atoms with Gasteiger partial charge in [0.1, 0.15) is 11.6 Å². The minimum Gasteiger partial charge on any atom is -0.425 e. The van der Waals surface area contributed by atoms with Crippen LogP contribution < -0.4 is 4.74 Å². The molecule has 0 aliphatic rings. The van der Waals surface area contributed by atoms with Gasteiger partial charge in [0, 0.05) is 12.0 Å². The van der Waals surface area contributed by atoms with Crippen molar-refractivity contribution in [2.45, 2.75) is 20.3 Å². The molecule has 14 heavy (non-hydrogen) atoms. The third-order valence-electron chi connectivity index (χ3n) is 1.80. The van der Waals surface area contributed by atoms with Gasteiger partial charge in [0.05, 0.1) is 5.02 Å². The Hall–Kier alpha value is -1.09. The number of halogens is 2. The van der Waals surface area contributed by atoms with Crippen LogP contribution in [0.2, 0.25) is 5.02 Å². The van der Waals surface area contributed by atoms with E-state index in [2.05, 4.69) is 0 Å². The summed E-state index contributed by atoms with van der Waals surface area (Å²) in [7, 11) is 0. The van der Waals surface area contributed by atoms with Crippen molar-refractivity contribution in [3.8, 4) is 5.75 Å². The number of esters is 1. The Morgan fingerprint density at radius 3 is 2.79 bits per heavy atom. The number of carbonyl (C=O) groups is 1. The highest BCUT2D eigenvalue weighted by molar-refractivity contribution is 6.32. The number of carbonyl (C=O) groups excluding carboxylic acids is 1. The zero-order valence-corrected chi connectivity index (χ0v) is 8.69. The van der Waals surface area contributed by atoms with Crippen LogP contribution in [0.25, 0.3) is 0 Å². The SMILES string of the molecule is CCC(=O)Oc1ccc(F)c(C)c1Cl. The molecule has 0 radical (unpaired) electrons. The summed E-state index contributed by atoms with van der Waals surface area (Å²) >= 11 is 5.78. The van der Waals surface area contributed by atoms with Crippen molar-refractivity contribution in [1.82, 2.24) is 0 Å². The Morgan fingerprint density at radius 2 is 2.21 bits per heavy atom. The lowest BCUT2D eigenvalue weighted by molar-refractivity contribution is -0.134. The van der Waals surface area contributed by atoms with E-state index in [1.165, 1.54) is 19.1 Å². The molecule has 0 saturated carbocycles. The molecule has 0 bridgehead atoms. The number of rotatable bonds is 2. The highest BCUT2D eigenvalue weighted by atomic mass is 35.5. The van der Waals surface area contributed by atoms with Gasteiger partial charge in [-0.1, -0.05) is 18.5 Å².